The molecule has 216 valence electrons. The number of methoxy groups -OCH3 is 1. The van der Waals surface area contributed by atoms with Crippen LogP contribution in [0.15, 0.2) is 23.2 Å². The second-order valence-electron chi connectivity index (χ2n) is 9.94. The Bertz CT molecular complexity index is 1400. The molecule has 3 aliphatic rings. The van der Waals surface area contributed by atoms with Crippen LogP contribution in [0.2, 0.25) is 0 Å². The third-order valence-electron chi connectivity index (χ3n) is 7.30. The summed E-state index contributed by atoms with van der Waals surface area (Å²) >= 11 is 1.55. The number of primary amides is 1. The Morgan fingerprint density at radius 2 is 1.63 bits per heavy atom. The number of benzene rings is 1. The largest absolute Gasteiger partial charge is 0.493 e. The lowest BCUT2D eigenvalue weighted by Gasteiger charge is -2.30. The van der Waals surface area contributed by atoms with Gasteiger partial charge in [-0.2, -0.15) is 15.0 Å². The standard InChI is InChI=1S/C28H33N7O5S/c1-37-21-16-18(17-30-25-23(24(29)36)19-4-2-3-5-22(19)41-25)6-7-20(21)40-28-32-26(34-8-12-38-13-9-34)31-27(33-28)35-10-14-39-15-11-35/h6-7,16-17H,2-5,8-15H2,1H3,(H2,29,36). The van der Waals surface area contributed by atoms with E-state index in [1.54, 1.807) is 30.7 Å². The molecular formula is C28H33N7O5S. The molecule has 0 atom stereocenters. The zero-order chi connectivity index (χ0) is 28.2. The van der Waals surface area contributed by atoms with Crippen LogP contribution >= 0.6 is 11.3 Å². The average Bonchev–Trinajstić information content (AvgIpc) is 3.40. The molecule has 0 unspecified atom stereocenters. The molecule has 1 aromatic carbocycles. The quantitative estimate of drug-likeness (QED) is 0.396. The molecule has 0 bridgehead atoms. The van der Waals surface area contributed by atoms with E-state index in [1.165, 1.54) is 4.88 Å². The number of nitrogens with zero attached hydrogens (tertiary/aromatic N) is 6. The minimum Gasteiger partial charge on any atom is -0.493 e. The van der Waals surface area contributed by atoms with Crippen molar-refractivity contribution < 1.29 is 23.7 Å². The van der Waals surface area contributed by atoms with Gasteiger partial charge in [0.1, 0.15) is 5.00 Å². The highest BCUT2D eigenvalue weighted by Crippen LogP contribution is 2.40. The number of anilines is 2. The minimum atomic E-state index is -0.428. The number of morpholine rings is 2. The number of aryl methyl sites for hydroxylation is 1. The van der Waals surface area contributed by atoms with Gasteiger partial charge in [0.05, 0.1) is 39.1 Å². The molecule has 3 aromatic rings. The number of rotatable bonds is 8. The molecule has 13 heteroatoms. The van der Waals surface area contributed by atoms with Crippen LogP contribution in [0.5, 0.6) is 17.5 Å². The first-order valence-electron chi connectivity index (χ1n) is 13.8. The van der Waals surface area contributed by atoms with Gasteiger partial charge in [0, 0.05) is 37.3 Å². The third kappa shape index (κ3) is 6.11. The molecule has 2 aliphatic heterocycles. The van der Waals surface area contributed by atoms with Crippen LogP contribution in [0.3, 0.4) is 0 Å². The molecular weight excluding hydrogens is 546 g/mol. The Morgan fingerprint density at radius 1 is 0.976 bits per heavy atom. The Hall–Kier alpha value is -3.81. The molecule has 41 heavy (non-hydrogen) atoms. The summed E-state index contributed by atoms with van der Waals surface area (Å²) < 4.78 is 22.8. The Labute approximate surface area is 242 Å². The van der Waals surface area contributed by atoms with E-state index in [2.05, 4.69) is 24.8 Å². The molecule has 2 saturated heterocycles. The van der Waals surface area contributed by atoms with Gasteiger partial charge in [-0.1, -0.05) is 0 Å². The van der Waals surface area contributed by atoms with Crippen LogP contribution in [-0.4, -0.2) is 86.8 Å². The van der Waals surface area contributed by atoms with Gasteiger partial charge in [0.2, 0.25) is 11.9 Å². The summed E-state index contributed by atoms with van der Waals surface area (Å²) in [6.07, 6.45) is 5.74. The van der Waals surface area contributed by atoms with E-state index in [-0.39, 0.29) is 6.01 Å². The number of carbonyl (C=O) groups is 1. The second-order valence-corrected chi connectivity index (χ2v) is 11.0. The maximum atomic E-state index is 12.2. The number of hydrogen-bond acceptors (Lipinski definition) is 12. The lowest BCUT2D eigenvalue weighted by atomic mass is 9.95. The summed E-state index contributed by atoms with van der Waals surface area (Å²) in [6.45, 7) is 5.20. The first-order chi connectivity index (χ1) is 20.1. The van der Waals surface area contributed by atoms with Gasteiger partial charge in [-0.3, -0.25) is 4.79 Å². The van der Waals surface area contributed by atoms with Crippen molar-refractivity contribution in [2.75, 3.05) is 69.5 Å². The van der Waals surface area contributed by atoms with E-state index in [0.29, 0.717) is 86.6 Å². The summed E-state index contributed by atoms with van der Waals surface area (Å²) in [7, 11) is 1.58. The summed E-state index contributed by atoms with van der Waals surface area (Å²) in [6, 6.07) is 5.66. The van der Waals surface area contributed by atoms with Crippen molar-refractivity contribution >= 4 is 40.4 Å². The first-order valence-corrected chi connectivity index (χ1v) is 14.7. The predicted molar refractivity (Wildman–Crippen MR) is 156 cm³/mol. The summed E-state index contributed by atoms with van der Waals surface area (Å²) in [5.74, 6) is 1.62. The van der Waals surface area contributed by atoms with E-state index in [1.807, 2.05) is 12.1 Å². The predicted octanol–water partition coefficient (Wildman–Crippen LogP) is 3.14. The third-order valence-corrected chi connectivity index (χ3v) is 8.50. The van der Waals surface area contributed by atoms with Crippen LogP contribution < -0.4 is 25.0 Å². The monoisotopic (exact) mass is 579 g/mol. The maximum Gasteiger partial charge on any atom is 0.328 e. The van der Waals surface area contributed by atoms with Crippen molar-refractivity contribution in [3.63, 3.8) is 0 Å². The van der Waals surface area contributed by atoms with Crippen LogP contribution in [0.1, 0.15) is 39.2 Å². The van der Waals surface area contributed by atoms with Crippen molar-refractivity contribution in [1.29, 1.82) is 0 Å². The Morgan fingerprint density at radius 3 is 2.27 bits per heavy atom. The van der Waals surface area contributed by atoms with Gasteiger partial charge in [-0.15, -0.1) is 11.3 Å². The molecule has 2 fully saturated rings. The van der Waals surface area contributed by atoms with Gasteiger partial charge < -0.3 is 34.5 Å². The minimum absolute atomic E-state index is 0.179. The molecule has 0 saturated carbocycles. The number of hydrogen-bond donors (Lipinski definition) is 1. The van der Waals surface area contributed by atoms with Crippen molar-refractivity contribution in [3.8, 4) is 17.5 Å². The number of thiophene rings is 1. The zero-order valence-corrected chi connectivity index (χ0v) is 23.8. The second kappa shape index (κ2) is 12.4. The smallest absolute Gasteiger partial charge is 0.328 e. The molecule has 0 spiro atoms. The van der Waals surface area contributed by atoms with Crippen LogP contribution in [-0.2, 0) is 22.3 Å². The van der Waals surface area contributed by atoms with Gasteiger partial charge in [-0.25, -0.2) is 4.99 Å². The van der Waals surface area contributed by atoms with E-state index in [4.69, 9.17) is 29.7 Å². The number of fused-ring (bicyclic) bond motifs is 1. The highest BCUT2D eigenvalue weighted by atomic mass is 32.1. The van der Waals surface area contributed by atoms with Crippen molar-refractivity contribution in [3.05, 3.63) is 39.8 Å². The van der Waals surface area contributed by atoms with Crippen LogP contribution in [0, 0.1) is 0 Å². The van der Waals surface area contributed by atoms with Gasteiger partial charge in [0.25, 0.3) is 5.91 Å². The van der Waals surface area contributed by atoms with Crippen LogP contribution in [0.4, 0.5) is 16.9 Å². The van der Waals surface area contributed by atoms with E-state index in [0.717, 1.165) is 36.8 Å². The fourth-order valence-corrected chi connectivity index (χ4v) is 6.41. The topological polar surface area (TPSA) is 138 Å². The van der Waals surface area contributed by atoms with Gasteiger partial charge in [-0.05, 0) is 55.0 Å². The number of ether oxygens (including phenoxy) is 4. The maximum absolute atomic E-state index is 12.2. The molecule has 1 amide bonds. The lowest BCUT2D eigenvalue weighted by Crippen LogP contribution is -2.40. The van der Waals surface area contributed by atoms with Crippen molar-refractivity contribution in [1.82, 2.24) is 15.0 Å². The molecule has 1 aliphatic carbocycles. The number of carbonyl (C=O) groups excluding carboxylic acids is 1. The molecule has 0 radical (unpaired) electrons. The van der Waals surface area contributed by atoms with Gasteiger partial charge >= 0.3 is 6.01 Å². The zero-order valence-electron chi connectivity index (χ0n) is 23.0. The Kier molecular flexibility index (Phi) is 8.26. The number of amides is 1. The fraction of sp³-hybridized carbons (Fsp3) is 0.464. The first kappa shape index (κ1) is 27.4. The lowest BCUT2D eigenvalue weighted by molar-refractivity contribution is 0.1000. The number of nitrogens with two attached hydrogens (primary N) is 1. The van der Waals surface area contributed by atoms with Crippen molar-refractivity contribution in [2.24, 2.45) is 10.7 Å². The van der Waals surface area contributed by atoms with Gasteiger partial charge in [0.15, 0.2) is 11.5 Å². The number of aromatic nitrogens is 3. The average molecular weight is 580 g/mol. The van der Waals surface area contributed by atoms with E-state index in [9.17, 15) is 4.79 Å². The Balaban J connectivity index is 1.26. The summed E-state index contributed by atoms with van der Waals surface area (Å²) in [4.78, 5) is 36.2. The SMILES string of the molecule is COc1cc(C=Nc2sc3c(c2C(N)=O)CCCC3)ccc1Oc1nc(N2CCOCC2)nc(N2CCOCC2)n1. The van der Waals surface area contributed by atoms with E-state index >= 15 is 0 Å². The molecule has 6 rings (SSSR count). The molecule has 12 nitrogen and oxygen atoms in total. The highest BCUT2D eigenvalue weighted by Gasteiger charge is 2.24. The number of aliphatic imine (C=N–C) groups is 1. The summed E-state index contributed by atoms with van der Waals surface area (Å²) in [5.41, 5.74) is 8.13. The van der Waals surface area contributed by atoms with E-state index < -0.39 is 5.91 Å². The summed E-state index contributed by atoms with van der Waals surface area (Å²) in [5, 5.41) is 0.653. The fourth-order valence-electron chi connectivity index (χ4n) is 5.17. The molecule has 4 heterocycles. The highest BCUT2D eigenvalue weighted by molar-refractivity contribution is 7.16. The molecule has 2 aromatic heterocycles. The molecule has 2 N–H and O–H groups in total. The van der Waals surface area contributed by atoms with Crippen LogP contribution in [0.25, 0.3) is 0 Å². The normalized spacial score (nSPS) is 17.5. The van der Waals surface area contributed by atoms with Crippen molar-refractivity contribution in [2.45, 2.75) is 25.7 Å².